The summed E-state index contributed by atoms with van der Waals surface area (Å²) in [7, 11) is 0. The maximum Gasteiger partial charge on any atom is 0.224 e. The third kappa shape index (κ3) is 4.34. The van der Waals surface area contributed by atoms with Crippen molar-refractivity contribution in [2.24, 2.45) is 5.92 Å². The normalized spacial score (nSPS) is 24.1. The van der Waals surface area contributed by atoms with Gasteiger partial charge in [-0.15, -0.1) is 0 Å². The SMILES string of the molecule is O=C(CCNC(=O)[C@H]1CCCNC1)NC1CC1. The van der Waals surface area contributed by atoms with Crippen LogP contribution in [0, 0.1) is 5.92 Å². The van der Waals surface area contributed by atoms with Gasteiger partial charge >= 0.3 is 0 Å². The highest BCUT2D eigenvalue weighted by molar-refractivity contribution is 5.80. The van der Waals surface area contributed by atoms with Gasteiger partial charge in [0.25, 0.3) is 0 Å². The molecule has 2 fully saturated rings. The van der Waals surface area contributed by atoms with Gasteiger partial charge in [0.2, 0.25) is 11.8 Å². The number of amides is 2. The molecule has 0 spiro atoms. The van der Waals surface area contributed by atoms with Gasteiger partial charge in [0, 0.05) is 25.6 Å². The van der Waals surface area contributed by atoms with Crippen molar-refractivity contribution in [1.82, 2.24) is 16.0 Å². The molecule has 96 valence electrons. The van der Waals surface area contributed by atoms with E-state index >= 15 is 0 Å². The molecule has 0 bridgehead atoms. The van der Waals surface area contributed by atoms with Gasteiger partial charge in [0.05, 0.1) is 5.92 Å². The molecular weight excluding hydrogens is 218 g/mol. The molecule has 1 atom stereocenters. The summed E-state index contributed by atoms with van der Waals surface area (Å²) in [6.45, 7) is 2.22. The summed E-state index contributed by atoms with van der Waals surface area (Å²) in [6.07, 6.45) is 4.60. The molecule has 2 amide bonds. The fraction of sp³-hybridized carbons (Fsp3) is 0.833. The minimum Gasteiger partial charge on any atom is -0.355 e. The molecule has 0 aromatic carbocycles. The second-order valence-corrected chi connectivity index (χ2v) is 4.93. The fourth-order valence-corrected chi connectivity index (χ4v) is 2.05. The Balaban J connectivity index is 1.56. The first kappa shape index (κ1) is 12.4. The van der Waals surface area contributed by atoms with E-state index in [4.69, 9.17) is 0 Å². The predicted molar refractivity (Wildman–Crippen MR) is 64.4 cm³/mol. The number of hydrogen-bond acceptors (Lipinski definition) is 3. The van der Waals surface area contributed by atoms with Crippen LogP contribution in [-0.4, -0.2) is 37.5 Å². The monoisotopic (exact) mass is 239 g/mol. The standard InChI is InChI=1S/C12H21N3O2/c16-11(15-10-3-4-10)5-7-14-12(17)9-2-1-6-13-8-9/h9-10,13H,1-8H2,(H,14,17)(H,15,16)/t9-/m0/s1. The fourth-order valence-electron chi connectivity index (χ4n) is 2.05. The lowest BCUT2D eigenvalue weighted by Crippen LogP contribution is -2.41. The van der Waals surface area contributed by atoms with Crippen LogP contribution in [0.25, 0.3) is 0 Å². The van der Waals surface area contributed by atoms with Crippen molar-refractivity contribution in [2.75, 3.05) is 19.6 Å². The summed E-state index contributed by atoms with van der Waals surface area (Å²) in [4.78, 5) is 23.1. The molecule has 1 saturated heterocycles. The molecule has 0 aromatic rings. The van der Waals surface area contributed by atoms with Gasteiger partial charge in [-0.05, 0) is 32.2 Å². The van der Waals surface area contributed by atoms with Gasteiger partial charge < -0.3 is 16.0 Å². The number of rotatable bonds is 5. The number of nitrogens with one attached hydrogen (secondary N) is 3. The minimum atomic E-state index is 0.0505. The van der Waals surface area contributed by atoms with Crippen LogP contribution in [0.3, 0.4) is 0 Å². The summed E-state index contributed by atoms with van der Waals surface area (Å²) < 4.78 is 0. The third-order valence-corrected chi connectivity index (χ3v) is 3.26. The third-order valence-electron chi connectivity index (χ3n) is 3.26. The summed E-state index contributed by atoms with van der Waals surface area (Å²) >= 11 is 0. The van der Waals surface area contributed by atoms with Crippen molar-refractivity contribution in [1.29, 1.82) is 0 Å². The Labute approximate surface area is 102 Å². The van der Waals surface area contributed by atoms with E-state index in [0.29, 0.717) is 19.0 Å². The second kappa shape index (κ2) is 6.00. The van der Waals surface area contributed by atoms with Crippen molar-refractivity contribution in [3.05, 3.63) is 0 Å². The van der Waals surface area contributed by atoms with Crippen molar-refractivity contribution >= 4 is 11.8 Å². The van der Waals surface area contributed by atoms with Crippen LogP contribution in [0.15, 0.2) is 0 Å². The topological polar surface area (TPSA) is 70.2 Å². The smallest absolute Gasteiger partial charge is 0.224 e. The average molecular weight is 239 g/mol. The highest BCUT2D eigenvalue weighted by Crippen LogP contribution is 2.18. The van der Waals surface area contributed by atoms with Crippen molar-refractivity contribution in [3.8, 4) is 0 Å². The van der Waals surface area contributed by atoms with Crippen LogP contribution in [0.1, 0.15) is 32.1 Å². The Morgan fingerprint density at radius 2 is 2.06 bits per heavy atom. The van der Waals surface area contributed by atoms with Gasteiger partial charge in [-0.1, -0.05) is 0 Å². The first-order valence-electron chi connectivity index (χ1n) is 6.53. The number of hydrogen-bond donors (Lipinski definition) is 3. The Morgan fingerprint density at radius 1 is 1.24 bits per heavy atom. The summed E-state index contributed by atoms with van der Waals surface area (Å²) in [5, 5.41) is 8.95. The molecule has 1 heterocycles. The molecule has 0 aromatic heterocycles. The number of piperidine rings is 1. The van der Waals surface area contributed by atoms with Gasteiger partial charge in [-0.2, -0.15) is 0 Å². The quantitative estimate of drug-likeness (QED) is 0.621. The van der Waals surface area contributed by atoms with Crippen LogP contribution in [0.2, 0.25) is 0 Å². The van der Waals surface area contributed by atoms with Crippen LogP contribution >= 0.6 is 0 Å². The largest absolute Gasteiger partial charge is 0.355 e. The van der Waals surface area contributed by atoms with E-state index in [9.17, 15) is 9.59 Å². The molecule has 1 aliphatic heterocycles. The van der Waals surface area contributed by atoms with E-state index < -0.39 is 0 Å². The highest BCUT2D eigenvalue weighted by atomic mass is 16.2. The molecule has 1 saturated carbocycles. The molecule has 0 unspecified atom stereocenters. The lowest BCUT2D eigenvalue weighted by molar-refractivity contribution is -0.125. The van der Waals surface area contributed by atoms with Gasteiger partial charge in [-0.3, -0.25) is 9.59 Å². The summed E-state index contributed by atoms with van der Waals surface area (Å²) in [6, 6.07) is 0.403. The molecule has 2 aliphatic rings. The van der Waals surface area contributed by atoms with E-state index in [0.717, 1.165) is 38.8 Å². The van der Waals surface area contributed by atoms with E-state index in [1.807, 2.05) is 0 Å². The summed E-state index contributed by atoms with van der Waals surface area (Å²) in [5.74, 6) is 0.209. The average Bonchev–Trinajstić information content (AvgIpc) is 3.14. The predicted octanol–water partition coefficient (Wildman–Crippen LogP) is -0.229. The molecular formula is C12H21N3O2. The molecule has 3 N–H and O–H groups in total. The first-order chi connectivity index (χ1) is 8.25. The van der Waals surface area contributed by atoms with Crippen LogP contribution in [-0.2, 0) is 9.59 Å². The molecule has 2 rings (SSSR count). The Kier molecular flexibility index (Phi) is 4.36. The Morgan fingerprint density at radius 3 is 2.71 bits per heavy atom. The van der Waals surface area contributed by atoms with Crippen LogP contribution in [0.4, 0.5) is 0 Å². The second-order valence-electron chi connectivity index (χ2n) is 4.93. The number of carbonyl (C=O) groups excluding carboxylic acids is 2. The maximum atomic E-state index is 11.7. The highest BCUT2D eigenvalue weighted by Gasteiger charge is 2.23. The maximum absolute atomic E-state index is 11.7. The van der Waals surface area contributed by atoms with Crippen molar-refractivity contribution < 1.29 is 9.59 Å². The van der Waals surface area contributed by atoms with E-state index in [-0.39, 0.29) is 17.7 Å². The van der Waals surface area contributed by atoms with Crippen LogP contribution < -0.4 is 16.0 Å². The van der Waals surface area contributed by atoms with Gasteiger partial charge in [-0.25, -0.2) is 0 Å². The molecule has 1 aliphatic carbocycles. The van der Waals surface area contributed by atoms with E-state index in [2.05, 4.69) is 16.0 Å². The van der Waals surface area contributed by atoms with E-state index in [1.54, 1.807) is 0 Å². The number of carbonyl (C=O) groups is 2. The molecule has 5 nitrogen and oxygen atoms in total. The Hall–Kier alpha value is -1.10. The van der Waals surface area contributed by atoms with Crippen molar-refractivity contribution in [3.63, 3.8) is 0 Å². The van der Waals surface area contributed by atoms with Gasteiger partial charge in [0.15, 0.2) is 0 Å². The lowest BCUT2D eigenvalue weighted by atomic mass is 9.99. The minimum absolute atomic E-state index is 0.0505. The molecule has 0 radical (unpaired) electrons. The van der Waals surface area contributed by atoms with Crippen LogP contribution in [0.5, 0.6) is 0 Å². The Bertz CT molecular complexity index is 283. The zero-order valence-corrected chi connectivity index (χ0v) is 10.1. The molecule has 5 heteroatoms. The zero-order chi connectivity index (χ0) is 12.1. The summed E-state index contributed by atoms with van der Waals surface area (Å²) in [5.41, 5.74) is 0. The lowest BCUT2D eigenvalue weighted by Gasteiger charge is -2.21. The van der Waals surface area contributed by atoms with E-state index in [1.165, 1.54) is 0 Å². The van der Waals surface area contributed by atoms with Crippen molar-refractivity contribution in [2.45, 2.75) is 38.1 Å². The zero-order valence-electron chi connectivity index (χ0n) is 10.1. The van der Waals surface area contributed by atoms with Gasteiger partial charge in [0.1, 0.15) is 0 Å². The first-order valence-corrected chi connectivity index (χ1v) is 6.53. The molecule has 17 heavy (non-hydrogen) atoms.